The molecular weight excluding hydrogens is 276 g/mol. The Morgan fingerprint density at radius 2 is 2.14 bits per heavy atom. The highest BCUT2D eigenvalue weighted by molar-refractivity contribution is 7.11. The van der Waals surface area contributed by atoms with Crippen molar-refractivity contribution in [3.8, 4) is 0 Å². The normalized spacial score (nSPS) is 15.3. The minimum atomic E-state index is 0.513. The molecule has 1 aromatic carbocycles. The van der Waals surface area contributed by atoms with Gasteiger partial charge in [-0.1, -0.05) is 12.1 Å². The Bertz CT molecular complexity index is 617. The van der Waals surface area contributed by atoms with Crippen molar-refractivity contribution in [3.05, 3.63) is 51.2 Å². The fraction of sp³-hybridized carbons (Fsp3) is 0.444. The summed E-state index contributed by atoms with van der Waals surface area (Å²) in [6, 6.07) is 11.9. The van der Waals surface area contributed by atoms with E-state index in [1.807, 2.05) is 11.3 Å². The molecule has 1 aliphatic heterocycles. The van der Waals surface area contributed by atoms with Crippen molar-refractivity contribution in [3.63, 3.8) is 0 Å². The Balaban J connectivity index is 1.55. The average Bonchev–Trinajstić information content (AvgIpc) is 3.03. The topological polar surface area (TPSA) is 15.3 Å². The van der Waals surface area contributed by atoms with Gasteiger partial charge < -0.3 is 10.2 Å². The summed E-state index contributed by atoms with van der Waals surface area (Å²) in [7, 11) is 2.18. The van der Waals surface area contributed by atoms with Crippen LogP contribution in [0.5, 0.6) is 0 Å². The number of nitrogens with zero attached hydrogens (tertiary/aromatic N) is 1. The molecule has 1 aliphatic rings. The lowest BCUT2D eigenvalue weighted by molar-refractivity contribution is 0.548. The minimum absolute atomic E-state index is 0.513. The van der Waals surface area contributed by atoms with Gasteiger partial charge in [-0.05, 0) is 56.0 Å². The van der Waals surface area contributed by atoms with Gasteiger partial charge in [-0.15, -0.1) is 11.3 Å². The Morgan fingerprint density at radius 1 is 1.29 bits per heavy atom. The molecule has 21 heavy (non-hydrogen) atoms. The zero-order chi connectivity index (χ0) is 14.8. The third kappa shape index (κ3) is 3.47. The maximum atomic E-state index is 3.65. The van der Waals surface area contributed by atoms with Crippen LogP contribution in [0.1, 0.15) is 27.8 Å². The fourth-order valence-electron chi connectivity index (χ4n) is 2.99. The summed E-state index contributed by atoms with van der Waals surface area (Å²) in [6.07, 6.45) is 2.30. The molecule has 1 atom stereocenters. The number of benzene rings is 1. The predicted octanol–water partition coefficient (Wildman–Crippen LogP) is 3.77. The summed E-state index contributed by atoms with van der Waals surface area (Å²) in [5, 5.41) is 3.65. The highest BCUT2D eigenvalue weighted by Gasteiger charge is 2.15. The van der Waals surface area contributed by atoms with Crippen LogP contribution in [0.15, 0.2) is 30.3 Å². The lowest BCUT2D eigenvalue weighted by atomic mass is 10.1. The number of anilines is 1. The van der Waals surface area contributed by atoms with E-state index in [0.29, 0.717) is 6.04 Å². The molecule has 1 aromatic heterocycles. The second-order valence-electron chi connectivity index (χ2n) is 6.13. The lowest BCUT2D eigenvalue weighted by Crippen LogP contribution is -2.27. The second kappa shape index (κ2) is 6.20. The van der Waals surface area contributed by atoms with Gasteiger partial charge in [-0.3, -0.25) is 0 Å². The lowest BCUT2D eigenvalue weighted by Gasteiger charge is -2.15. The van der Waals surface area contributed by atoms with Crippen LogP contribution >= 0.6 is 11.3 Å². The third-order valence-electron chi connectivity index (χ3n) is 4.23. The highest BCUT2D eigenvalue weighted by atomic mass is 32.1. The van der Waals surface area contributed by atoms with Gasteiger partial charge in [0.25, 0.3) is 0 Å². The predicted molar refractivity (Wildman–Crippen MR) is 92.5 cm³/mol. The molecule has 0 amide bonds. The number of fused-ring (bicyclic) bond motifs is 1. The Labute approximate surface area is 131 Å². The third-order valence-corrected chi connectivity index (χ3v) is 5.25. The number of likely N-dealkylation sites (N-methyl/N-ethyl adjacent to an activating group) is 1. The van der Waals surface area contributed by atoms with E-state index >= 15 is 0 Å². The van der Waals surface area contributed by atoms with E-state index in [-0.39, 0.29) is 0 Å². The van der Waals surface area contributed by atoms with Gasteiger partial charge in [0.05, 0.1) is 0 Å². The summed E-state index contributed by atoms with van der Waals surface area (Å²) in [5.41, 5.74) is 4.30. The first-order chi connectivity index (χ1) is 10.1. The molecule has 2 nitrogen and oxygen atoms in total. The van der Waals surface area contributed by atoms with Gasteiger partial charge in [-0.25, -0.2) is 0 Å². The van der Waals surface area contributed by atoms with Crippen LogP contribution in [0.2, 0.25) is 0 Å². The molecule has 1 unspecified atom stereocenters. The van der Waals surface area contributed by atoms with Crippen LogP contribution in [0.25, 0.3) is 0 Å². The van der Waals surface area contributed by atoms with Crippen LogP contribution in [0, 0.1) is 6.92 Å². The van der Waals surface area contributed by atoms with E-state index in [2.05, 4.69) is 61.4 Å². The van der Waals surface area contributed by atoms with E-state index in [9.17, 15) is 0 Å². The molecule has 0 spiro atoms. The largest absolute Gasteiger partial charge is 0.374 e. The first kappa shape index (κ1) is 14.6. The van der Waals surface area contributed by atoms with Gasteiger partial charge in [0.1, 0.15) is 0 Å². The smallest absolute Gasteiger partial charge is 0.0397 e. The van der Waals surface area contributed by atoms with E-state index in [4.69, 9.17) is 0 Å². The molecule has 112 valence electrons. The van der Waals surface area contributed by atoms with Crippen molar-refractivity contribution < 1.29 is 0 Å². The number of rotatable bonds is 5. The van der Waals surface area contributed by atoms with Gasteiger partial charge in [0, 0.05) is 41.6 Å². The molecule has 3 heteroatoms. The van der Waals surface area contributed by atoms with Crippen molar-refractivity contribution in [1.82, 2.24) is 5.32 Å². The quantitative estimate of drug-likeness (QED) is 0.904. The van der Waals surface area contributed by atoms with Gasteiger partial charge >= 0.3 is 0 Å². The maximum absolute atomic E-state index is 3.65. The number of thiophene rings is 1. The molecule has 1 N–H and O–H groups in total. The molecule has 2 aromatic rings. The monoisotopic (exact) mass is 300 g/mol. The van der Waals surface area contributed by atoms with E-state index in [1.54, 1.807) is 0 Å². The number of hydrogen-bond acceptors (Lipinski definition) is 3. The Hall–Kier alpha value is -1.32. The molecule has 0 saturated heterocycles. The molecule has 0 radical (unpaired) electrons. The van der Waals surface area contributed by atoms with Crippen LogP contribution < -0.4 is 10.2 Å². The van der Waals surface area contributed by atoms with Crippen molar-refractivity contribution in [2.75, 3.05) is 18.5 Å². The van der Waals surface area contributed by atoms with Crippen molar-refractivity contribution in [2.24, 2.45) is 0 Å². The van der Waals surface area contributed by atoms with Crippen molar-refractivity contribution in [2.45, 2.75) is 39.3 Å². The van der Waals surface area contributed by atoms with E-state index < -0.39 is 0 Å². The van der Waals surface area contributed by atoms with Crippen LogP contribution in [-0.2, 0) is 19.4 Å². The summed E-state index contributed by atoms with van der Waals surface area (Å²) in [6.45, 7) is 6.56. The van der Waals surface area contributed by atoms with Crippen LogP contribution in [0.3, 0.4) is 0 Å². The molecule has 0 aliphatic carbocycles. The van der Waals surface area contributed by atoms with Crippen LogP contribution in [0.4, 0.5) is 5.69 Å². The van der Waals surface area contributed by atoms with Crippen molar-refractivity contribution >= 4 is 17.0 Å². The van der Waals surface area contributed by atoms with Crippen LogP contribution in [-0.4, -0.2) is 19.6 Å². The summed E-state index contributed by atoms with van der Waals surface area (Å²) in [4.78, 5) is 5.22. The standard InChI is InChI=1S/C18H24N2S/c1-13(10-17-6-4-14(2)21-17)19-12-15-5-7-18-16(11-15)8-9-20(18)3/h4-7,11,13,19H,8-10,12H2,1-3H3. The molecule has 0 saturated carbocycles. The number of nitrogens with one attached hydrogen (secondary N) is 1. The Morgan fingerprint density at radius 3 is 2.90 bits per heavy atom. The summed E-state index contributed by atoms with van der Waals surface area (Å²) < 4.78 is 0. The van der Waals surface area contributed by atoms with Gasteiger partial charge in [-0.2, -0.15) is 0 Å². The van der Waals surface area contributed by atoms with E-state index in [1.165, 1.54) is 33.0 Å². The first-order valence-corrected chi connectivity index (χ1v) is 8.55. The number of aryl methyl sites for hydroxylation is 1. The molecular formula is C18H24N2S. The molecule has 0 fully saturated rings. The SMILES string of the molecule is Cc1ccc(CC(C)NCc2ccc3c(c2)CCN3C)s1. The molecule has 0 bridgehead atoms. The summed E-state index contributed by atoms with van der Waals surface area (Å²) in [5.74, 6) is 0. The average molecular weight is 300 g/mol. The Kier molecular flexibility index (Phi) is 4.32. The zero-order valence-electron chi connectivity index (χ0n) is 13.1. The van der Waals surface area contributed by atoms with Crippen molar-refractivity contribution in [1.29, 1.82) is 0 Å². The maximum Gasteiger partial charge on any atom is 0.0397 e. The molecule has 3 rings (SSSR count). The van der Waals surface area contributed by atoms with Gasteiger partial charge in [0.2, 0.25) is 0 Å². The highest BCUT2D eigenvalue weighted by Crippen LogP contribution is 2.27. The number of hydrogen-bond donors (Lipinski definition) is 1. The second-order valence-corrected chi connectivity index (χ2v) is 7.51. The van der Waals surface area contributed by atoms with Gasteiger partial charge in [0.15, 0.2) is 0 Å². The summed E-state index contributed by atoms with van der Waals surface area (Å²) >= 11 is 1.91. The minimum Gasteiger partial charge on any atom is -0.374 e. The fourth-order valence-corrected chi connectivity index (χ4v) is 4.01. The first-order valence-electron chi connectivity index (χ1n) is 7.73. The molecule has 2 heterocycles. The van der Waals surface area contributed by atoms with E-state index in [0.717, 1.165) is 19.5 Å². The zero-order valence-corrected chi connectivity index (χ0v) is 14.0.